The fraction of sp³-hybridized carbons (Fsp3) is 0.528. The van der Waals surface area contributed by atoms with Crippen molar-refractivity contribution in [2.75, 3.05) is 39.5 Å². The zero-order valence-corrected chi connectivity index (χ0v) is 48.3. The first-order valence-corrected chi connectivity index (χ1v) is 26.5. The third-order valence-corrected chi connectivity index (χ3v) is 13.8. The molecule has 1 aromatic carbocycles. The smallest absolute Gasteiger partial charge is 0.268 e. The van der Waals surface area contributed by atoms with E-state index in [1.807, 2.05) is 0 Å². The first-order chi connectivity index (χ1) is 39.7. The Balaban J connectivity index is 0.0000126. The van der Waals surface area contributed by atoms with Gasteiger partial charge < -0.3 is 127 Å². The second-order valence-corrected chi connectivity index (χ2v) is 20.0. The minimum Gasteiger partial charge on any atom is -0.870 e. The SMILES string of the molecule is O=C(NC(CCCNC(=O)c1cc(=O)ccn1C[C@H](O)[C@@H](O)[C@H](O)[C@H](O)CO)(CCCNC(=O)c1c([O-])c(=O)ccn1C[C@H](O)[C@@H](O)[C@H](O)[C@H](O)CO)CCCNC(=O)c1c([O-])c(=O)ccn1C[C@H](O)[C@@H](O)[C@H](O)[C@H](O)CO)c1ccccc1.[Gd].[OH-]. The fourth-order valence-electron chi connectivity index (χ4n) is 8.97. The molecule has 12 atom stereocenters. The number of nitrogens with zero attached hydrogens (tertiary/aromatic N) is 3. The maximum atomic E-state index is 14.1. The van der Waals surface area contributed by atoms with Crippen molar-refractivity contribution in [2.24, 2.45) is 0 Å². The normalized spacial score (nSPS) is 15.8. The molecule has 0 bridgehead atoms. The van der Waals surface area contributed by atoms with Crippen LogP contribution in [0, 0.1) is 39.9 Å². The van der Waals surface area contributed by atoms with Gasteiger partial charge in [0.05, 0.1) is 39.5 Å². The topological polar surface area (TPSA) is 562 Å². The molecule has 4 rings (SSSR count). The molecule has 0 spiro atoms. The average Bonchev–Trinajstić information content (AvgIpc) is 2.83. The molecular formula is C53H74GdN7O25-3. The van der Waals surface area contributed by atoms with Crippen molar-refractivity contribution in [2.45, 2.75) is 137 Å². The van der Waals surface area contributed by atoms with Gasteiger partial charge in [-0.1, -0.05) is 18.2 Å². The molecule has 0 aliphatic rings. The van der Waals surface area contributed by atoms with Crippen LogP contribution in [0.5, 0.6) is 11.5 Å². The van der Waals surface area contributed by atoms with Gasteiger partial charge in [-0.15, -0.1) is 0 Å². The minimum absolute atomic E-state index is 0. The van der Waals surface area contributed by atoms with Gasteiger partial charge in [0.2, 0.25) is 0 Å². The summed E-state index contributed by atoms with van der Waals surface area (Å²) >= 11 is 0. The van der Waals surface area contributed by atoms with Gasteiger partial charge >= 0.3 is 0 Å². The molecule has 0 radical (unpaired) electrons. The van der Waals surface area contributed by atoms with Gasteiger partial charge in [0.15, 0.2) is 16.3 Å². The summed E-state index contributed by atoms with van der Waals surface area (Å²) in [5.41, 5.74) is -6.12. The number of aliphatic hydroxyl groups is 15. The molecular weight excluding hydrogens is 1290 g/mol. The minimum atomic E-state index is -2.12. The van der Waals surface area contributed by atoms with Crippen molar-refractivity contribution < 1.29 is 151 Å². The molecule has 20 N–H and O–H groups in total. The summed E-state index contributed by atoms with van der Waals surface area (Å²) in [6, 6.07) is 11.3. The molecule has 0 aliphatic carbocycles. The molecule has 3 heterocycles. The number of amides is 4. The van der Waals surface area contributed by atoms with Crippen LogP contribution in [0.2, 0.25) is 0 Å². The van der Waals surface area contributed by atoms with Crippen LogP contribution in [0.4, 0.5) is 0 Å². The molecule has 32 nitrogen and oxygen atoms in total. The zero-order chi connectivity index (χ0) is 62.6. The molecule has 0 fully saturated rings. The monoisotopic (exact) mass is 1370 g/mol. The predicted molar refractivity (Wildman–Crippen MR) is 288 cm³/mol. The number of aromatic nitrogens is 3. The predicted octanol–water partition coefficient (Wildman–Crippen LogP) is -9.45. The van der Waals surface area contributed by atoms with Crippen LogP contribution in [0.15, 0.2) is 87.6 Å². The molecule has 0 saturated carbocycles. The molecule has 4 amide bonds. The van der Waals surface area contributed by atoms with E-state index >= 15 is 0 Å². The zero-order valence-electron chi connectivity index (χ0n) is 46.0. The Morgan fingerprint density at radius 2 is 0.802 bits per heavy atom. The number of rotatable bonds is 35. The Kier molecular flexibility index (Phi) is 32.4. The Labute approximate surface area is 521 Å². The van der Waals surface area contributed by atoms with Crippen molar-refractivity contribution in [3.63, 3.8) is 0 Å². The van der Waals surface area contributed by atoms with Gasteiger partial charge in [-0.2, -0.15) is 0 Å². The van der Waals surface area contributed by atoms with E-state index in [1.165, 1.54) is 12.1 Å². The van der Waals surface area contributed by atoms with Gasteiger partial charge in [0, 0.05) is 114 Å². The first-order valence-electron chi connectivity index (χ1n) is 26.5. The molecule has 3 aromatic heterocycles. The van der Waals surface area contributed by atoms with E-state index in [-0.39, 0.29) is 115 Å². The largest absolute Gasteiger partial charge is 0.870 e. The number of nitrogens with one attached hydrogen (secondary N) is 4. The number of carbonyl (C=O) groups excluding carboxylic acids is 4. The van der Waals surface area contributed by atoms with Crippen LogP contribution >= 0.6 is 0 Å². The Hall–Kier alpha value is -5.77. The molecule has 33 heteroatoms. The number of hydrogen-bond acceptors (Lipinski definition) is 25. The number of pyridine rings is 3. The maximum absolute atomic E-state index is 14.1. The van der Waals surface area contributed by atoms with Crippen molar-refractivity contribution in [1.29, 1.82) is 0 Å². The standard InChI is InChI=1S/C53H75N7O24.Gd.H2O/c61-25-36(70)46(78)43(75)33(67)22-58-18-9-29(64)21-30(58)50(82)54-15-4-12-53(57-49(81)28-7-2-1-3-8-28,13-5-16-55-51(83)39-41(73)31(65)10-19-59(39)23-34(68)44(76)47(79)37(71)26-62)14-6-17-56-52(84)40-42(74)32(66)11-20-60(40)24-35(69)45(77)48(80)38(72)27-63;;/h1-3,7-11,18-21,33-38,43-48,61-63,67-80H,4-6,12-17,22-27H2,(H,54,82)(H,55,83)(H,56,84)(H,57,81);;1H2/p-3/t33-,34-,35-,36+,37+,38+,43+,44+,45+,46+,47+,48+;;/m0../s1. The molecule has 4 aromatic rings. The van der Waals surface area contributed by atoms with Gasteiger partial charge in [-0.25, -0.2) is 0 Å². The van der Waals surface area contributed by atoms with Crippen LogP contribution in [0.25, 0.3) is 0 Å². The quantitative estimate of drug-likeness (QED) is 0.0190. The first kappa shape index (κ1) is 76.3. The average molecular weight is 1370 g/mol. The molecule has 482 valence electrons. The third-order valence-electron chi connectivity index (χ3n) is 13.8. The Morgan fingerprint density at radius 3 is 1.17 bits per heavy atom. The van der Waals surface area contributed by atoms with Crippen LogP contribution in [0.3, 0.4) is 0 Å². The van der Waals surface area contributed by atoms with Gasteiger partial charge in [-0.3, -0.25) is 33.6 Å². The van der Waals surface area contributed by atoms with Crippen molar-refractivity contribution in [1.82, 2.24) is 35.0 Å². The number of aliphatic hydroxyl groups excluding tert-OH is 15. The van der Waals surface area contributed by atoms with Gasteiger partial charge in [-0.05, 0) is 62.2 Å². The molecule has 86 heavy (non-hydrogen) atoms. The van der Waals surface area contributed by atoms with Crippen LogP contribution < -0.4 is 47.8 Å². The molecule has 0 unspecified atom stereocenters. The van der Waals surface area contributed by atoms with Gasteiger partial charge in [0.25, 0.3) is 23.6 Å². The van der Waals surface area contributed by atoms with E-state index in [2.05, 4.69) is 21.3 Å². The van der Waals surface area contributed by atoms with Crippen molar-refractivity contribution in [3.8, 4) is 11.5 Å². The van der Waals surface area contributed by atoms with E-state index in [0.29, 0.717) is 0 Å². The summed E-state index contributed by atoms with van der Waals surface area (Å²) in [5, 5.41) is 187. The Morgan fingerprint density at radius 1 is 0.465 bits per heavy atom. The second kappa shape index (κ2) is 36.5. The number of carbonyl (C=O) groups is 4. The number of hydrogen-bond donors (Lipinski definition) is 19. The summed E-state index contributed by atoms with van der Waals surface area (Å²) < 4.78 is 2.71. The van der Waals surface area contributed by atoms with E-state index in [1.54, 1.807) is 18.2 Å². The van der Waals surface area contributed by atoms with Gasteiger partial charge in [0.1, 0.15) is 90.3 Å². The summed E-state index contributed by atoms with van der Waals surface area (Å²) in [7, 11) is 0. The van der Waals surface area contributed by atoms with Crippen LogP contribution in [0.1, 0.15) is 80.3 Å². The van der Waals surface area contributed by atoms with Crippen LogP contribution in [-0.4, -0.2) is 238 Å². The molecule has 0 saturated heterocycles. The van der Waals surface area contributed by atoms with E-state index in [0.717, 1.165) is 56.6 Å². The maximum Gasteiger partial charge on any atom is 0.268 e. The Bertz CT molecular complexity index is 2860. The number of benzene rings is 1. The van der Waals surface area contributed by atoms with Crippen molar-refractivity contribution in [3.05, 3.63) is 127 Å². The van der Waals surface area contributed by atoms with E-state index in [4.69, 9.17) is 0 Å². The van der Waals surface area contributed by atoms with Crippen LogP contribution in [-0.2, 0) is 19.6 Å². The molecule has 0 aliphatic heterocycles. The summed E-state index contributed by atoms with van der Waals surface area (Å²) in [4.78, 5) is 92.7. The van der Waals surface area contributed by atoms with Crippen molar-refractivity contribution >= 4 is 23.6 Å². The van der Waals surface area contributed by atoms with E-state index in [9.17, 15) is 120 Å². The fourth-order valence-corrected chi connectivity index (χ4v) is 8.97. The summed E-state index contributed by atoms with van der Waals surface area (Å²) in [5.74, 6) is -6.49. The summed E-state index contributed by atoms with van der Waals surface area (Å²) in [6.07, 6.45) is -21.1. The second-order valence-electron chi connectivity index (χ2n) is 20.0. The van der Waals surface area contributed by atoms with E-state index < -0.39 is 181 Å². The third kappa shape index (κ3) is 21.2. The summed E-state index contributed by atoms with van der Waals surface area (Å²) in [6.45, 7) is -5.95.